The van der Waals surface area contributed by atoms with Gasteiger partial charge in [0.05, 0.1) is 17.6 Å². The second-order valence-corrected chi connectivity index (χ2v) is 7.33. The highest BCUT2D eigenvalue weighted by atomic mass is 16.2. The summed E-state index contributed by atoms with van der Waals surface area (Å²) in [5.74, 6) is 1.29. The van der Waals surface area contributed by atoms with Crippen LogP contribution in [0.3, 0.4) is 0 Å². The van der Waals surface area contributed by atoms with E-state index >= 15 is 0 Å². The number of rotatable bonds is 4. The topological polar surface area (TPSA) is 47.3 Å². The van der Waals surface area contributed by atoms with Crippen molar-refractivity contribution in [2.75, 3.05) is 19.6 Å². The zero-order chi connectivity index (χ0) is 15.8. The average molecular weight is 309 g/mol. The Hall–Kier alpha value is -1.86. The molecule has 1 aromatic carbocycles. The fraction of sp³-hybridized carbons (Fsp3) is 0.579. The number of piperidine rings is 1. The molecule has 4 aliphatic rings. The molecule has 3 aliphatic heterocycles. The summed E-state index contributed by atoms with van der Waals surface area (Å²) >= 11 is 0. The Morgan fingerprint density at radius 3 is 2.74 bits per heavy atom. The molecular weight excluding hydrogens is 286 g/mol. The van der Waals surface area contributed by atoms with Crippen LogP contribution in [0.4, 0.5) is 0 Å². The van der Waals surface area contributed by atoms with Crippen molar-refractivity contribution < 1.29 is 4.79 Å². The van der Waals surface area contributed by atoms with Crippen molar-refractivity contribution in [3.8, 4) is 6.07 Å². The number of nitrogens with zero attached hydrogens (tertiary/aromatic N) is 3. The Balaban J connectivity index is 1.51. The highest BCUT2D eigenvalue weighted by molar-refractivity contribution is 5.80. The zero-order valence-corrected chi connectivity index (χ0v) is 13.4. The number of nitriles is 1. The van der Waals surface area contributed by atoms with Gasteiger partial charge in [0.25, 0.3) is 0 Å². The average Bonchev–Trinajstić information content (AvgIpc) is 3.39. The molecule has 2 atom stereocenters. The van der Waals surface area contributed by atoms with Crippen LogP contribution < -0.4 is 0 Å². The first-order valence-electron chi connectivity index (χ1n) is 8.75. The third kappa shape index (κ3) is 2.98. The van der Waals surface area contributed by atoms with Crippen LogP contribution in [-0.2, 0) is 11.3 Å². The Bertz CT molecular complexity index is 646. The van der Waals surface area contributed by atoms with E-state index in [1.54, 1.807) is 0 Å². The monoisotopic (exact) mass is 309 g/mol. The third-order valence-corrected chi connectivity index (χ3v) is 5.55. The highest BCUT2D eigenvalue weighted by Gasteiger charge is 2.42. The van der Waals surface area contributed by atoms with Crippen molar-refractivity contribution in [3.63, 3.8) is 0 Å². The molecule has 0 spiro atoms. The van der Waals surface area contributed by atoms with Crippen LogP contribution in [0.15, 0.2) is 24.3 Å². The summed E-state index contributed by atoms with van der Waals surface area (Å²) in [4.78, 5) is 17.3. The molecule has 4 heteroatoms. The highest BCUT2D eigenvalue weighted by Crippen LogP contribution is 2.35. The molecule has 0 aromatic heterocycles. The number of hydrogen-bond donors (Lipinski definition) is 0. The summed E-state index contributed by atoms with van der Waals surface area (Å²) < 4.78 is 0. The minimum Gasteiger partial charge on any atom is -0.338 e. The fourth-order valence-electron chi connectivity index (χ4n) is 4.09. The summed E-state index contributed by atoms with van der Waals surface area (Å²) in [5, 5.41) is 9.28. The lowest BCUT2D eigenvalue weighted by Gasteiger charge is -2.36. The lowest BCUT2D eigenvalue weighted by molar-refractivity contribution is -0.140. The van der Waals surface area contributed by atoms with E-state index in [2.05, 4.69) is 15.9 Å². The van der Waals surface area contributed by atoms with Crippen molar-refractivity contribution in [1.29, 1.82) is 5.26 Å². The molecule has 0 unspecified atom stereocenters. The summed E-state index contributed by atoms with van der Waals surface area (Å²) in [6.45, 7) is 3.55. The van der Waals surface area contributed by atoms with E-state index in [-0.39, 0.29) is 5.92 Å². The number of fused-ring (bicyclic) bond motifs is 4. The van der Waals surface area contributed by atoms with Crippen LogP contribution in [0, 0.1) is 23.2 Å². The van der Waals surface area contributed by atoms with Gasteiger partial charge in [-0.15, -0.1) is 0 Å². The molecule has 1 aliphatic carbocycles. The van der Waals surface area contributed by atoms with Gasteiger partial charge in [-0.05, 0) is 43.2 Å². The maximum absolute atomic E-state index is 12.7. The lowest BCUT2D eigenvalue weighted by Crippen LogP contribution is -2.48. The predicted molar refractivity (Wildman–Crippen MR) is 87.4 cm³/mol. The number of hydrogen-bond acceptors (Lipinski definition) is 3. The van der Waals surface area contributed by atoms with E-state index in [0.29, 0.717) is 11.9 Å². The minimum absolute atomic E-state index is 0.154. The molecule has 23 heavy (non-hydrogen) atoms. The molecule has 1 aromatic rings. The van der Waals surface area contributed by atoms with E-state index in [4.69, 9.17) is 0 Å². The van der Waals surface area contributed by atoms with E-state index in [1.165, 1.54) is 12.8 Å². The number of amides is 1. The van der Waals surface area contributed by atoms with Gasteiger partial charge < -0.3 is 4.90 Å². The Labute approximate surface area is 137 Å². The second kappa shape index (κ2) is 5.98. The summed E-state index contributed by atoms with van der Waals surface area (Å²) in [7, 11) is 0. The predicted octanol–water partition coefficient (Wildman–Crippen LogP) is 2.39. The van der Waals surface area contributed by atoms with E-state index < -0.39 is 0 Å². The van der Waals surface area contributed by atoms with Crippen LogP contribution in [0.1, 0.15) is 36.8 Å². The fourth-order valence-corrected chi connectivity index (χ4v) is 4.09. The normalized spacial score (nSPS) is 27.8. The first-order chi connectivity index (χ1) is 11.2. The molecule has 3 saturated heterocycles. The van der Waals surface area contributed by atoms with Crippen LogP contribution in [-0.4, -0.2) is 41.4 Å². The van der Waals surface area contributed by atoms with Crippen LogP contribution in [0.5, 0.6) is 0 Å². The van der Waals surface area contributed by atoms with E-state index in [0.717, 1.165) is 56.1 Å². The van der Waals surface area contributed by atoms with Gasteiger partial charge in [-0.3, -0.25) is 9.69 Å². The quantitative estimate of drug-likeness (QED) is 0.858. The summed E-state index contributed by atoms with van der Waals surface area (Å²) in [6.07, 6.45) is 4.75. The molecule has 120 valence electrons. The Morgan fingerprint density at radius 1 is 1.13 bits per heavy atom. The number of benzene rings is 1. The Kier molecular flexibility index (Phi) is 3.82. The number of carbonyl (C=O) groups is 1. The van der Waals surface area contributed by atoms with Gasteiger partial charge in [0.15, 0.2) is 0 Å². The molecule has 4 nitrogen and oxygen atoms in total. The molecule has 0 radical (unpaired) electrons. The van der Waals surface area contributed by atoms with Crippen LogP contribution in [0.2, 0.25) is 0 Å². The molecular formula is C19H23N3O. The van der Waals surface area contributed by atoms with E-state index in [1.807, 2.05) is 24.3 Å². The van der Waals surface area contributed by atoms with Gasteiger partial charge in [-0.2, -0.15) is 5.26 Å². The van der Waals surface area contributed by atoms with Crippen molar-refractivity contribution in [1.82, 2.24) is 9.80 Å². The van der Waals surface area contributed by atoms with Crippen molar-refractivity contribution in [3.05, 3.63) is 35.4 Å². The zero-order valence-electron chi connectivity index (χ0n) is 13.4. The molecule has 2 bridgehead atoms. The van der Waals surface area contributed by atoms with Crippen molar-refractivity contribution in [2.45, 2.75) is 38.3 Å². The maximum Gasteiger partial charge on any atom is 0.227 e. The minimum atomic E-state index is 0.154. The molecule has 1 amide bonds. The standard InChI is InChI=1S/C19H23N3O/c20-9-15-3-1-2-4-16(15)11-21-12-17-7-8-18(13-21)22(19(17)23)10-14-5-6-14/h1-4,14,17-18H,5-8,10-13H2/t17-,18+/m0/s1. The van der Waals surface area contributed by atoms with E-state index in [9.17, 15) is 10.1 Å². The number of carbonyl (C=O) groups excluding carboxylic acids is 1. The maximum atomic E-state index is 12.7. The van der Waals surface area contributed by atoms with Crippen LogP contribution >= 0.6 is 0 Å². The van der Waals surface area contributed by atoms with Crippen LogP contribution in [0.25, 0.3) is 0 Å². The van der Waals surface area contributed by atoms with Gasteiger partial charge in [0.1, 0.15) is 0 Å². The third-order valence-electron chi connectivity index (χ3n) is 5.55. The van der Waals surface area contributed by atoms with Gasteiger partial charge in [-0.25, -0.2) is 0 Å². The molecule has 5 rings (SSSR count). The van der Waals surface area contributed by atoms with Crippen molar-refractivity contribution >= 4 is 5.91 Å². The second-order valence-electron chi connectivity index (χ2n) is 7.33. The van der Waals surface area contributed by atoms with Gasteiger partial charge >= 0.3 is 0 Å². The van der Waals surface area contributed by atoms with Gasteiger partial charge in [-0.1, -0.05) is 18.2 Å². The largest absolute Gasteiger partial charge is 0.338 e. The Morgan fingerprint density at radius 2 is 1.96 bits per heavy atom. The first-order valence-corrected chi connectivity index (χ1v) is 8.75. The summed E-state index contributed by atoms with van der Waals surface area (Å²) in [5.41, 5.74) is 1.84. The molecule has 0 N–H and O–H groups in total. The SMILES string of the molecule is N#Cc1ccccc1CN1C[C@@H]2CC[C@H](C1)N(CC1CC1)C2=O. The summed E-state index contributed by atoms with van der Waals surface area (Å²) in [6, 6.07) is 10.5. The molecule has 1 saturated carbocycles. The van der Waals surface area contributed by atoms with Gasteiger partial charge in [0.2, 0.25) is 5.91 Å². The van der Waals surface area contributed by atoms with Crippen molar-refractivity contribution in [2.24, 2.45) is 11.8 Å². The molecule has 3 heterocycles. The van der Waals surface area contributed by atoms with Gasteiger partial charge in [0, 0.05) is 32.2 Å². The lowest BCUT2D eigenvalue weighted by atomic mass is 9.94. The smallest absolute Gasteiger partial charge is 0.227 e. The molecule has 4 fully saturated rings. The first kappa shape index (κ1) is 14.7.